The van der Waals surface area contributed by atoms with E-state index in [1.807, 2.05) is 18.2 Å². The number of carboxylic acids is 1. The van der Waals surface area contributed by atoms with Crippen LogP contribution in [0.3, 0.4) is 0 Å². The number of carboxylic acid groups (broad SMARTS) is 1. The van der Waals surface area contributed by atoms with Gasteiger partial charge in [0.25, 0.3) is 0 Å². The summed E-state index contributed by atoms with van der Waals surface area (Å²) in [7, 11) is 2.19. The summed E-state index contributed by atoms with van der Waals surface area (Å²) in [6.07, 6.45) is 4.05. The topological polar surface area (TPSA) is 43.8 Å². The molecule has 1 N–H and O–H groups in total. The molecule has 1 fully saturated rings. The van der Waals surface area contributed by atoms with Gasteiger partial charge in [-0.15, -0.1) is 0 Å². The van der Waals surface area contributed by atoms with E-state index in [1.165, 1.54) is 11.6 Å². The Morgan fingerprint density at radius 1 is 1.38 bits per heavy atom. The van der Waals surface area contributed by atoms with E-state index >= 15 is 0 Å². The van der Waals surface area contributed by atoms with Crippen molar-refractivity contribution in [2.75, 3.05) is 26.7 Å². The van der Waals surface area contributed by atoms with Gasteiger partial charge in [-0.25, -0.2) is 4.79 Å². The Bertz CT molecular complexity index is 513. The normalized spacial score (nSPS) is 21.0. The number of piperazine rings is 1. The van der Waals surface area contributed by atoms with Crippen molar-refractivity contribution < 1.29 is 9.90 Å². The molecule has 0 aliphatic carbocycles. The third-order valence-electron chi connectivity index (χ3n) is 4.19. The third kappa shape index (κ3) is 4.41. The monoisotopic (exact) mass is 288 g/mol. The van der Waals surface area contributed by atoms with Crippen LogP contribution in [0, 0.1) is 0 Å². The van der Waals surface area contributed by atoms with Crippen LogP contribution in [-0.4, -0.2) is 53.6 Å². The molecule has 21 heavy (non-hydrogen) atoms. The first-order valence-electron chi connectivity index (χ1n) is 7.51. The van der Waals surface area contributed by atoms with Gasteiger partial charge in [0.05, 0.1) is 0 Å². The second-order valence-corrected chi connectivity index (χ2v) is 5.65. The highest BCUT2D eigenvalue weighted by molar-refractivity contribution is 5.85. The van der Waals surface area contributed by atoms with Gasteiger partial charge in [-0.1, -0.05) is 31.2 Å². The zero-order valence-electron chi connectivity index (χ0n) is 12.8. The van der Waals surface area contributed by atoms with Crippen molar-refractivity contribution in [2.24, 2.45) is 0 Å². The fourth-order valence-electron chi connectivity index (χ4n) is 2.84. The van der Waals surface area contributed by atoms with Crippen molar-refractivity contribution in [2.45, 2.75) is 25.9 Å². The van der Waals surface area contributed by atoms with Crippen LogP contribution < -0.4 is 0 Å². The van der Waals surface area contributed by atoms with E-state index in [0.29, 0.717) is 6.04 Å². The first-order chi connectivity index (χ1) is 10.1. The molecule has 1 aliphatic rings. The van der Waals surface area contributed by atoms with Crippen molar-refractivity contribution in [1.82, 2.24) is 9.80 Å². The minimum atomic E-state index is -0.907. The Kier molecular flexibility index (Phi) is 5.53. The molecule has 1 atom stereocenters. The van der Waals surface area contributed by atoms with Gasteiger partial charge in [-0.3, -0.25) is 4.90 Å². The molecule has 0 aromatic heterocycles. The third-order valence-corrected chi connectivity index (χ3v) is 4.19. The quantitative estimate of drug-likeness (QED) is 0.845. The lowest BCUT2D eigenvalue weighted by atomic mass is 10.0. The largest absolute Gasteiger partial charge is 0.478 e. The van der Waals surface area contributed by atoms with Gasteiger partial charge in [-0.05, 0) is 30.7 Å². The summed E-state index contributed by atoms with van der Waals surface area (Å²) >= 11 is 0. The molecule has 4 nitrogen and oxygen atoms in total. The number of hydrogen-bond donors (Lipinski definition) is 1. The van der Waals surface area contributed by atoms with Crippen LogP contribution in [0.2, 0.25) is 0 Å². The summed E-state index contributed by atoms with van der Waals surface area (Å²) in [6.45, 7) is 6.33. The zero-order chi connectivity index (χ0) is 15.2. The van der Waals surface area contributed by atoms with Crippen molar-refractivity contribution in [3.05, 3.63) is 41.5 Å². The molecule has 1 saturated heterocycles. The van der Waals surface area contributed by atoms with Crippen molar-refractivity contribution in [3.63, 3.8) is 0 Å². The number of carbonyl (C=O) groups is 1. The predicted molar refractivity (Wildman–Crippen MR) is 85.1 cm³/mol. The van der Waals surface area contributed by atoms with Crippen LogP contribution >= 0.6 is 0 Å². The molecule has 114 valence electrons. The fraction of sp³-hybridized carbons (Fsp3) is 0.471. The van der Waals surface area contributed by atoms with Gasteiger partial charge in [0, 0.05) is 38.3 Å². The van der Waals surface area contributed by atoms with Gasteiger partial charge in [0.15, 0.2) is 0 Å². The molecule has 1 heterocycles. The Morgan fingerprint density at radius 2 is 2.14 bits per heavy atom. The predicted octanol–water partition coefficient (Wildman–Crippen LogP) is 2.31. The van der Waals surface area contributed by atoms with E-state index < -0.39 is 5.97 Å². The van der Waals surface area contributed by atoms with Crippen molar-refractivity contribution >= 4 is 12.0 Å². The molecule has 0 spiro atoms. The highest BCUT2D eigenvalue weighted by atomic mass is 16.4. The molecular formula is C17H24N2O2. The van der Waals surface area contributed by atoms with Crippen LogP contribution in [0.1, 0.15) is 24.5 Å². The summed E-state index contributed by atoms with van der Waals surface area (Å²) in [5.74, 6) is -0.907. The maximum absolute atomic E-state index is 10.7. The van der Waals surface area contributed by atoms with Gasteiger partial charge in [0.1, 0.15) is 0 Å². The first-order valence-corrected chi connectivity index (χ1v) is 7.51. The highest BCUT2D eigenvalue weighted by Gasteiger charge is 2.22. The average Bonchev–Trinajstić information content (AvgIpc) is 2.48. The molecule has 0 amide bonds. The van der Waals surface area contributed by atoms with E-state index in [4.69, 9.17) is 5.11 Å². The van der Waals surface area contributed by atoms with Crippen molar-refractivity contribution in [3.8, 4) is 0 Å². The van der Waals surface area contributed by atoms with E-state index in [9.17, 15) is 4.79 Å². The van der Waals surface area contributed by atoms with E-state index in [0.717, 1.165) is 38.2 Å². The lowest BCUT2D eigenvalue weighted by Crippen LogP contribution is -2.50. The molecule has 0 bridgehead atoms. The summed E-state index contributed by atoms with van der Waals surface area (Å²) in [5.41, 5.74) is 2.18. The second kappa shape index (κ2) is 7.38. The maximum Gasteiger partial charge on any atom is 0.328 e. The van der Waals surface area contributed by atoms with E-state index in [-0.39, 0.29) is 0 Å². The summed E-state index contributed by atoms with van der Waals surface area (Å²) < 4.78 is 0. The summed E-state index contributed by atoms with van der Waals surface area (Å²) in [4.78, 5) is 15.6. The Balaban J connectivity index is 2.07. The first kappa shape index (κ1) is 15.7. The van der Waals surface area contributed by atoms with Gasteiger partial charge < -0.3 is 10.0 Å². The number of aliphatic carboxylic acids is 1. The Hall–Kier alpha value is -1.65. The smallest absolute Gasteiger partial charge is 0.328 e. The molecule has 1 unspecified atom stereocenters. The SMILES string of the molecule is CCC1CN(Cc2ccccc2C=CC(=O)O)CCN1C. The second-order valence-electron chi connectivity index (χ2n) is 5.65. The van der Waals surface area contributed by atoms with Gasteiger partial charge in [-0.2, -0.15) is 0 Å². The number of likely N-dealkylation sites (N-methyl/N-ethyl adjacent to an activating group) is 1. The van der Waals surface area contributed by atoms with E-state index in [1.54, 1.807) is 6.08 Å². The maximum atomic E-state index is 10.7. The van der Waals surface area contributed by atoms with Gasteiger partial charge >= 0.3 is 5.97 Å². The lowest BCUT2D eigenvalue weighted by Gasteiger charge is -2.39. The molecular weight excluding hydrogens is 264 g/mol. The Morgan fingerprint density at radius 3 is 2.86 bits per heavy atom. The molecule has 2 rings (SSSR count). The number of hydrogen-bond acceptors (Lipinski definition) is 3. The molecule has 0 radical (unpaired) electrons. The molecule has 1 aliphatic heterocycles. The highest BCUT2D eigenvalue weighted by Crippen LogP contribution is 2.17. The van der Waals surface area contributed by atoms with Gasteiger partial charge in [0.2, 0.25) is 0 Å². The Labute approximate surface area is 126 Å². The van der Waals surface area contributed by atoms with Crippen LogP contribution in [-0.2, 0) is 11.3 Å². The van der Waals surface area contributed by atoms with E-state index in [2.05, 4.69) is 29.8 Å². The fourth-order valence-corrected chi connectivity index (χ4v) is 2.84. The number of rotatable bonds is 5. The average molecular weight is 288 g/mol. The molecule has 0 saturated carbocycles. The van der Waals surface area contributed by atoms with Crippen LogP contribution in [0.4, 0.5) is 0 Å². The number of nitrogens with zero attached hydrogens (tertiary/aromatic N) is 2. The number of benzene rings is 1. The summed E-state index contributed by atoms with van der Waals surface area (Å²) in [5, 5.41) is 8.78. The minimum Gasteiger partial charge on any atom is -0.478 e. The molecule has 1 aromatic carbocycles. The molecule has 4 heteroatoms. The van der Waals surface area contributed by atoms with Crippen molar-refractivity contribution in [1.29, 1.82) is 0 Å². The zero-order valence-corrected chi connectivity index (χ0v) is 12.8. The minimum absolute atomic E-state index is 0.612. The van der Waals surface area contributed by atoms with Crippen LogP contribution in [0.5, 0.6) is 0 Å². The van der Waals surface area contributed by atoms with Crippen LogP contribution in [0.15, 0.2) is 30.3 Å². The molecule has 1 aromatic rings. The lowest BCUT2D eigenvalue weighted by molar-refractivity contribution is -0.131. The summed E-state index contributed by atoms with van der Waals surface area (Å²) in [6, 6.07) is 8.63. The standard InChI is InChI=1S/C17H24N2O2/c1-3-16-13-19(11-10-18(16)2)12-15-7-5-4-6-14(15)8-9-17(20)21/h4-9,16H,3,10-13H2,1-2H3,(H,20,21). The van der Waals surface area contributed by atoms with Crippen LogP contribution in [0.25, 0.3) is 6.08 Å².